The number of aromatic nitrogens is 3. The summed E-state index contributed by atoms with van der Waals surface area (Å²) in [6.45, 7) is 9.15. The fourth-order valence-electron chi connectivity index (χ4n) is 3.53. The average Bonchev–Trinajstić information content (AvgIpc) is 2.91. The number of nitrogen functional groups attached to an aromatic ring is 1. The first kappa shape index (κ1) is 16.2. The van der Waals surface area contributed by atoms with Gasteiger partial charge >= 0.3 is 0 Å². The highest BCUT2D eigenvalue weighted by atomic mass is 16.5. The van der Waals surface area contributed by atoms with Gasteiger partial charge in [0.2, 0.25) is 5.71 Å². The van der Waals surface area contributed by atoms with Gasteiger partial charge in [0.05, 0.1) is 23.3 Å². The molecule has 25 heavy (non-hydrogen) atoms. The quantitative estimate of drug-likeness (QED) is 0.558. The van der Waals surface area contributed by atoms with E-state index < -0.39 is 0 Å². The van der Waals surface area contributed by atoms with Crippen LogP contribution in [0.3, 0.4) is 0 Å². The maximum atomic E-state index is 6.06. The van der Waals surface area contributed by atoms with Gasteiger partial charge in [0, 0.05) is 12.0 Å². The summed E-state index contributed by atoms with van der Waals surface area (Å²) in [5, 5.41) is 0.952. The third-order valence-electron chi connectivity index (χ3n) is 4.65. The molecule has 0 amide bonds. The van der Waals surface area contributed by atoms with Gasteiger partial charge in [-0.2, -0.15) is 0 Å². The number of nitrogens with zero attached hydrogens (tertiary/aromatic N) is 3. The summed E-state index contributed by atoms with van der Waals surface area (Å²) in [5.41, 5.74) is 7.66. The van der Waals surface area contributed by atoms with E-state index in [9.17, 15) is 0 Å². The van der Waals surface area contributed by atoms with Gasteiger partial charge in [0.1, 0.15) is 11.8 Å². The van der Waals surface area contributed by atoms with Gasteiger partial charge in [-0.25, -0.2) is 20.8 Å². The number of hydrogen-bond acceptors (Lipinski definition) is 7. The summed E-state index contributed by atoms with van der Waals surface area (Å²) >= 11 is 0. The Kier molecular flexibility index (Phi) is 3.66. The molecule has 0 saturated carbocycles. The average molecular weight is 341 g/mol. The van der Waals surface area contributed by atoms with E-state index in [0.29, 0.717) is 29.6 Å². The number of hydrogen-bond donors (Lipinski definition) is 2. The predicted molar refractivity (Wildman–Crippen MR) is 96.0 cm³/mol. The fraction of sp³-hybridized carbons (Fsp3) is 0.500. The van der Waals surface area contributed by atoms with Crippen LogP contribution in [0.5, 0.6) is 0 Å². The SMILES string of the molecule is CC(C)Cc1nc2oc3c(NN)ncnc3c2c2c1COC(C)(C)C2. The Morgan fingerprint density at radius 3 is 2.80 bits per heavy atom. The van der Waals surface area contributed by atoms with Crippen LogP contribution in [0.2, 0.25) is 0 Å². The second kappa shape index (κ2) is 5.64. The van der Waals surface area contributed by atoms with E-state index in [2.05, 4.69) is 43.1 Å². The number of fused-ring (bicyclic) bond motifs is 5. The second-order valence-corrected chi connectivity index (χ2v) is 7.67. The molecule has 0 radical (unpaired) electrons. The summed E-state index contributed by atoms with van der Waals surface area (Å²) in [7, 11) is 0. The molecule has 7 heteroatoms. The lowest BCUT2D eigenvalue weighted by Crippen LogP contribution is -2.33. The number of anilines is 1. The second-order valence-electron chi connectivity index (χ2n) is 7.67. The zero-order chi connectivity index (χ0) is 17.8. The highest BCUT2D eigenvalue weighted by molar-refractivity contribution is 6.06. The summed E-state index contributed by atoms with van der Waals surface area (Å²) in [6.07, 6.45) is 3.16. The zero-order valence-corrected chi connectivity index (χ0v) is 15.0. The molecule has 0 aromatic carbocycles. The standard InChI is InChI=1S/C18H23N5O2/c1-9(2)5-12-11-7-24-18(3,4)6-10(11)13-14-15(25-17(13)22-12)16(23-19)21-8-20-14/h8-9H,5-7,19H2,1-4H3,(H,20,21,23). The minimum atomic E-state index is -0.234. The van der Waals surface area contributed by atoms with Gasteiger partial charge in [-0.3, -0.25) is 0 Å². The maximum absolute atomic E-state index is 6.06. The molecule has 132 valence electrons. The Morgan fingerprint density at radius 2 is 2.08 bits per heavy atom. The molecule has 7 nitrogen and oxygen atoms in total. The molecule has 3 aromatic heterocycles. The Balaban J connectivity index is 2.07. The van der Waals surface area contributed by atoms with Crippen molar-refractivity contribution >= 4 is 28.0 Å². The minimum Gasteiger partial charge on any atom is -0.432 e. The highest BCUT2D eigenvalue weighted by Crippen LogP contribution is 2.39. The number of nitrogens with one attached hydrogen (secondary N) is 1. The molecular formula is C18H23N5O2. The van der Waals surface area contributed by atoms with Crippen molar-refractivity contribution in [3.05, 3.63) is 23.1 Å². The van der Waals surface area contributed by atoms with Crippen molar-refractivity contribution in [2.24, 2.45) is 11.8 Å². The molecule has 4 heterocycles. The Hall–Kier alpha value is -2.25. The molecule has 0 atom stereocenters. The molecule has 0 bridgehead atoms. The van der Waals surface area contributed by atoms with Crippen LogP contribution in [0.25, 0.3) is 22.2 Å². The largest absolute Gasteiger partial charge is 0.432 e. The summed E-state index contributed by atoms with van der Waals surface area (Å²) < 4.78 is 12.1. The molecule has 4 rings (SSSR count). The number of furan rings is 1. The van der Waals surface area contributed by atoms with E-state index in [1.54, 1.807) is 0 Å². The first-order valence-corrected chi connectivity index (χ1v) is 8.58. The van der Waals surface area contributed by atoms with Crippen LogP contribution in [-0.4, -0.2) is 20.6 Å². The van der Waals surface area contributed by atoms with E-state index >= 15 is 0 Å². The Morgan fingerprint density at radius 1 is 1.28 bits per heavy atom. The van der Waals surface area contributed by atoms with Crippen LogP contribution in [0.1, 0.15) is 44.5 Å². The van der Waals surface area contributed by atoms with Crippen molar-refractivity contribution < 1.29 is 9.15 Å². The van der Waals surface area contributed by atoms with Crippen molar-refractivity contribution in [1.29, 1.82) is 0 Å². The molecule has 0 spiro atoms. The molecule has 3 aromatic rings. The van der Waals surface area contributed by atoms with Crippen molar-refractivity contribution in [3.63, 3.8) is 0 Å². The molecule has 3 N–H and O–H groups in total. The van der Waals surface area contributed by atoms with Gasteiger partial charge in [0.25, 0.3) is 0 Å². The molecule has 0 aliphatic carbocycles. The molecule has 1 aliphatic rings. The zero-order valence-electron chi connectivity index (χ0n) is 15.0. The van der Waals surface area contributed by atoms with E-state index in [1.807, 2.05) is 0 Å². The molecule has 0 fully saturated rings. The summed E-state index contributed by atoms with van der Waals surface area (Å²) in [4.78, 5) is 13.4. The number of pyridine rings is 1. The first-order chi connectivity index (χ1) is 11.9. The van der Waals surface area contributed by atoms with Crippen molar-refractivity contribution in [2.45, 2.75) is 52.7 Å². The van der Waals surface area contributed by atoms with E-state index in [0.717, 1.165) is 29.4 Å². The van der Waals surface area contributed by atoms with E-state index in [1.165, 1.54) is 17.5 Å². The van der Waals surface area contributed by atoms with Gasteiger partial charge in [0.15, 0.2) is 11.4 Å². The van der Waals surface area contributed by atoms with Gasteiger partial charge in [-0.15, -0.1) is 0 Å². The lowest BCUT2D eigenvalue weighted by Gasteiger charge is -2.33. The normalized spacial score (nSPS) is 16.6. The molecule has 1 aliphatic heterocycles. The van der Waals surface area contributed by atoms with Crippen LogP contribution < -0.4 is 11.3 Å². The van der Waals surface area contributed by atoms with Crippen LogP contribution in [-0.2, 0) is 24.2 Å². The minimum absolute atomic E-state index is 0.234. The van der Waals surface area contributed by atoms with Crippen LogP contribution in [0.15, 0.2) is 10.7 Å². The molecule has 0 saturated heterocycles. The van der Waals surface area contributed by atoms with Crippen LogP contribution >= 0.6 is 0 Å². The third kappa shape index (κ3) is 2.63. The van der Waals surface area contributed by atoms with E-state index in [-0.39, 0.29) is 5.60 Å². The van der Waals surface area contributed by atoms with Gasteiger partial charge in [-0.05, 0) is 31.7 Å². The summed E-state index contributed by atoms with van der Waals surface area (Å²) in [5.74, 6) is 6.53. The third-order valence-corrected chi connectivity index (χ3v) is 4.65. The maximum Gasteiger partial charge on any atom is 0.229 e. The fourth-order valence-corrected chi connectivity index (χ4v) is 3.53. The monoisotopic (exact) mass is 341 g/mol. The Labute approximate surface area is 146 Å². The smallest absolute Gasteiger partial charge is 0.229 e. The van der Waals surface area contributed by atoms with Crippen molar-refractivity contribution in [1.82, 2.24) is 15.0 Å². The van der Waals surface area contributed by atoms with Gasteiger partial charge in [-0.1, -0.05) is 13.8 Å². The lowest BCUT2D eigenvalue weighted by atomic mass is 9.88. The lowest BCUT2D eigenvalue weighted by molar-refractivity contribution is -0.0402. The topological polar surface area (TPSA) is 99.1 Å². The van der Waals surface area contributed by atoms with Crippen LogP contribution in [0, 0.1) is 5.92 Å². The first-order valence-electron chi connectivity index (χ1n) is 8.58. The number of rotatable bonds is 3. The summed E-state index contributed by atoms with van der Waals surface area (Å²) in [6, 6.07) is 0. The molecular weight excluding hydrogens is 318 g/mol. The van der Waals surface area contributed by atoms with Gasteiger partial charge < -0.3 is 14.6 Å². The van der Waals surface area contributed by atoms with Crippen molar-refractivity contribution in [2.75, 3.05) is 5.43 Å². The molecule has 0 unspecified atom stereocenters. The van der Waals surface area contributed by atoms with Crippen molar-refractivity contribution in [3.8, 4) is 0 Å². The number of ether oxygens (including phenoxy) is 1. The Bertz CT molecular complexity index is 961. The predicted octanol–water partition coefficient (Wildman–Crippen LogP) is 3.11. The number of hydrazine groups is 1. The highest BCUT2D eigenvalue weighted by Gasteiger charge is 2.32. The van der Waals surface area contributed by atoms with Crippen LogP contribution in [0.4, 0.5) is 5.82 Å². The number of nitrogens with two attached hydrogens (primary N) is 1. The van der Waals surface area contributed by atoms with E-state index in [4.69, 9.17) is 20.0 Å².